The van der Waals surface area contributed by atoms with E-state index in [9.17, 15) is 18.5 Å². The van der Waals surface area contributed by atoms with E-state index in [0.717, 1.165) is 17.2 Å². The van der Waals surface area contributed by atoms with Crippen molar-refractivity contribution in [2.75, 3.05) is 27.2 Å². The van der Waals surface area contributed by atoms with Crippen molar-refractivity contribution in [3.8, 4) is 11.5 Å². The second-order valence-corrected chi connectivity index (χ2v) is 9.82. The van der Waals surface area contributed by atoms with E-state index in [1.54, 1.807) is 12.1 Å². The van der Waals surface area contributed by atoms with Crippen LogP contribution in [0.25, 0.3) is 0 Å². The molecule has 1 saturated heterocycles. The molecular formula is C21H27N3O5S. The molecule has 0 atom stereocenters. The average Bonchev–Trinajstić information content (AvgIpc) is 2.67. The van der Waals surface area contributed by atoms with Crippen LogP contribution in [0.15, 0.2) is 41.3 Å². The number of piperidine rings is 1. The van der Waals surface area contributed by atoms with Crippen molar-refractivity contribution in [3.05, 3.63) is 57.6 Å². The molecule has 1 aliphatic heterocycles. The monoisotopic (exact) mass is 433 g/mol. The highest BCUT2D eigenvalue weighted by molar-refractivity contribution is 7.89. The Labute approximate surface area is 177 Å². The lowest BCUT2D eigenvalue weighted by molar-refractivity contribution is -0.385. The molecule has 30 heavy (non-hydrogen) atoms. The van der Waals surface area contributed by atoms with Crippen LogP contribution in [-0.4, -0.2) is 55.8 Å². The summed E-state index contributed by atoms with van der Waals surface area (Å²) in [6, 6.07) is 9.60. The molecular weight excluding hydrogens is 406 g/mol. The standard InChI is InChI=1S/C21H27N3O5S/c1-15-11-16(2)13-19(12-15)29-20-6-5-18(24(25)26)14-21(20)30(27,28)23-9-7-17(8-10-23)22(3)4/h5-6,11-14,17H,7-10H2,1-4H3. The van der Waals surface area contributed by atoms with Gasteiger partial charge in [0, 0.05) is 31.3 Å². The minimum absolute atomic E-state index is 0.0836. The second-order valence-electron chi connectivity index (χ2n) is 7.91. The van der Waals surface area contributed by atoms with Crippen molar-refractivity contribution in [3.63, 3.8) is 0 Å². The van der Waals surface area contributed by atoms with Gasteiger partial charge < -0.3 is 9.64 Å². The Hall–Kier alpha value is -2.49. The third kappa shape index (κ3) is 4.80. The lowest BCUT2D eigenvalue weighted by Crippen LogP contribution is -2.44. The lowest BCUT2D eigenvalue weighted by Gasteiger charge is -2.34. The van der Waals surface area contributed by atoms with Crippen LogP contribution >= 0.6 is 0 Å². The first kappa shape index (κ1) is 22.2. The fourth-order valence-electron chi connectivity index (χ4n) is 3.75. The van der Waals surface area contributed by atoms with Crippen LogP contribution in [-0.2, 0) is 10.0 Å². The van der Waals surface area contributed by atoms with Gasteiger partial charge in [-0.3, -0.25) is 10.1 Å². The number of nitro benzene ring substituents is 1. The molecule has 2 aromatic rings. The largest absolute Gasteiger partial charge is 0.456 e. The molecule has 0 aliphatic carbocycles. The number of hydrogen-bond donors (Lipinski definition) is 0. The van der Waals surface area contributed by atoms with E-state index in [0.29, 0.717) is 37.7 Å². The van der Waals surface area contributed by atoms with Crippen LogP contribution in [0.1, 0.15) is 24.0 Å². The Kier molecular flexibility index (Phi) is 6.44. The van der Waals surface area contributed by atoms with Gasteiger partial charge in [0.05, 0.1) is 4.92 Å². The van der Waals surface area contributed by atoms with Crippen molar-refractivity contribution in [2.24, 2.45) is 0 Å². The van der Waals surface area contributed by atoms with Crippen LogP contribution in [0.3, 0.4) is 0 Å². The molecule has 0 bridgehead atoms. The van der Waals surface area contributed by atoms with Crippen LogP contribution in [0.4, 0.5) is 5.69 Å². The maximum atomic E-state index is 13.4. The quantitative estimate of drug-likeness (QED) is 0.509. The zero-order valence-corrected chi connectivity index (χ0v) is 18.5. The molecule has 9 heteroatoms. The van der Waals surface area contributed by atoms with Crippen molar-refractivity contribution in [1.29, 1.82) is 0 Å². The first-order valence-corrected chi connectivity index (χ1v) is 11.2. The minimum Gasteiger partial charge on any atom is -0.456 e. The minimum atomic E-state index is -3.95. The number of rotatable bonds is 6. The van der Waals surface area contributed by atoms with E-state index in [-0.39, 0.29) is 16.3 Å². The zero-order chi connectivity index (χ0) is 22.1. The summed E-state index contributed by atoms with van der Waals surface area (Å²) in [7, 11) is 0.00188. The van der Waals surface area contributed by atoms with Gasteiger partial charge in [-0.1, -0.05) is 6.07 Å². The van der Waals surface area contributed by atoms with Gasteiger partial charge in [0.2, 0.25) is 10.0 Å². The molecule has 0 radical (unpaired) electrons. The fourth-order valence-corrected chi connectivity index (χ4v) is 5.36. The van der Waals surface area contributed by atoms with Crippen LogP contribution < -0.4 is 4.74 Å². The highest BCUT2D eigenvalue weighted by Gasteiger charge is 2.33. The van der Waals surface area contributed by atoms with Crippen LogP contribution in [0.5, 0.6) is 11.5 Å². The number of aryl methyl sites for hydroxylation is 2. The van der Waals surface area contributed by atoms with E-state index in [1.165, 1.54) is 16.4 Å². The Balaban J connectivity index is 1.98. The number of nitrogens with zero attached hydrogens (tertiary/aromatic N) is 3. The number of ether oxygens (including phenoxy) is 1. The Morgan fingerprint density at radius 2 is 1.67 bits per heavy atom. The summed E-state index contributed by atoms with van der Waals surface area (Å²) in [6.45, 7) is 4.55. The smallest absolute Gasteiger partial charge is 0.271 e. The van der Waals surface area contributed by atoms with Crippen LogP contribution in [0, 0.1) is 24.0 Å². The first-order valence-electron chi connectivity index (χ1n) is 9.79. The van der Waals surface area contributed by atoms with E-state index >= 15 is 0 Å². The SMILES string of the molecule is Cc1cc(C)cc(Oc2ccc([N+](=O)[O-])cc2S(=O)(=O)N2CCC(N(C)C)CC2)c1. The van der Waals surface area contributed by atoms with E-state index < -0.39 is 14.9 Å². The molecule has 1 heterocycles. The summed E-state index contributed by atoms with van der Waals surface area (Å²) in [6.07, 6.45) is 1.41. The van der Waals surface area contributed by atoms with Gasteiger partial charge in [0.25, 0.3) is 5.69 Å². The van der Waals surface area contributed by atoms with E-state index in [1.807, 2.05) is 34.0 Å². The number of sulfonamides is 1. The molecule has 0 amide bonds. The molecule has 1 fully saturated rings. The summed E-state index contributed by atoms with van der Waals surface area (Å²) < 4.78 is 34.1. The molecule has 0 unspecified atom stereocenters. The number of non-ortho nitro benzene ring substituents is 1. The van der Waals surface area contributed by atoms with Gasteiger partial charge in [0.1, 0.15) is 16.4 Å². The third-order valence-corrected chi connectivity index (χ3v) is 7.25. The molecule has 0 saturated carbocycles. The van der Waals surface area contributed by atoms with Gasteiger partial charge in [-0.2, -0.15) is 4.31 Å². The third-order valence-electron chi connectivity index (χ3n) is 5.33. The summed E-state index contributed by atoms with van der Waals surface area (Å²) in [5, 5.41) is 11.3. The van der Waals surface area contributed by atoms with Gasteiger partial charge in [-0.15, -0.1) is 0 Å². The maximum Gasteiger partial charge on any atom is 0.271 e. The van der Waals surface area contributed by atoms with Gasteiger partial charge in [0.15, 0.2) is 0 Å². The van der Waals surface area contributed by atoms with Gasteiger partial charge >= 0.3 is 0 Å². The molecule has 1 aliphatic rings. The summed E-state index contributed by atoms with van der Waals surface area (Å²) >= 11 is 0. The molecule has 2 aromatic carbocycles. The molecule has 0 N–H and O–H groups in total. The highest BCUT2D eigenvalue weighted by atomic mass is 32.2. The molecule has 3 rings (SSSR count). The molecule has 162 valence electrons. The Bertz CT molecular complexity index is 1020. The van der Waals surface area contributed by atoms with Crippen molar-refractivity contribution >= 4 is 15.7 Å². The molecule has 8 nitrogen and oxygen atoms in total. The predicted octanol–water partition coefficient (Wildman–Crippen LogP) is 3.72. The number of nitro groups is 1. The number of hydrogen-bond acceptors (Lipinski definition) is 6. The Morgan fingerprint density at radius 3 is 2.20 bits per heavy atom. The predicted molar refractivity (Wildman–Crippen MR) is 115 cm³/mol. The topological polar surface area (TPSA) is 93.0 Å². The average molecular weight is 434 g/mol. The van der Waals surface area contributed by atoms with Crippen LogP contribution in [0.2, 0.25) is 0 Å². The fraction of sp³-hybridized carbons (Fsp3) is 0.429. The summed E-state index contributed by atoms with van der Waals surface area (Å²) in [5.41, 5.74) is 1.66. The van der Waals surface area contributed by atoms with Gasteiger partial charge in [-0.25, -0.2) is 8.42 Å². The lowest BCUT2D eigenvalue weighted by atomic mass is 10.1. The number of benzene rings is 2. The summed E-state index contributed by atoms with van der Waals surface area (Å²) in [5.74, 6) is 0.574. The normalized spacial score (nSPS) is 16.0. The second kappa shape index (κ2) is 8.71. The highest BCUT2D eigenvalue weighted by Crippen LogP contribution is 2.35. The van der Waals surface area contributed by atoms with Crippen molar-refractivity contribution < 1.29 is 18.1 Å². The molecule has 0 aromatic heterocycles. The zero-order valence-electron chi connectivity index (χ0n) is 17.7. The summed E-state index contributed by atoms with van der Waals surface area (Å²) in [4.78, 5) is 12.6. The van der Waals surface area contributed by atoms with Crippen molar-refractivity contribution in [2.45, 2.75) is 37.6 Å². The first-order chi connectivity index (χ1) is 14.1. The van der Waals surface area contributed by atoms with E-state index in [4.69, 9.17) is 4.74 Å². The van der Waals surface area contributed by atoms with Gasteiger partial charge in [-0.05, 0) is 70.1 Å². The molecule has 0 spiro atoms. The maximum absolute atomic E-state index is 13.4. The van der Waals surface area contributed by atoms with E-state index in [2.05, 4.69) is 4.90 Å². The van der Waals surface area contributed by atoms with Crippen molar-refractivity contribution in [1.82, 2.24) is 9.21 Å². The Morgan fingerprint density at radius 1 is 1.07 bits per heavy atom.